The van der Waals surface area contributed by atoms with Gasteiger partial charge in [-0.3, -0.25) is 0 Å². The second kappa shape index (κ2) is 4.16. The fourth-order valence-electron chi connectivity index (χ4n) is 1.33. The molecule has 5 heteroatoms. The quantitative estimate of drug-likeness (QED) is 0.336. The molecule has 1 aromatic rings. The van der Waals surface area contributed by atoms with Gasteiger partial charge in [-0.15, -0.1) is 0 Å². The number of nitrogens with zero attached hydrogens (tertiary/aromatic N) is 2. The SMILES string of the molecule is N/C(=N/O)c1ccc(OC2CCC2)cn1. The van der Waals surface area contributed by atoms with Gasteiger partial charge >= 0.3 is 0 Å². The van der Waals surface area contributed by atoms with Gasteiger partial charge in [0.2, 0.25) is 0 Å². The Kier molecular flexibility index (Phi) is 2.71. The van der Waals surface area contributed by atoms with E-state index in [1.54, 1.807) is 18.3 Å². The lowest BCUT2D eigenvalue weighted by Gasteiger charge is -2.26. The number of ether oxygens (including phenoxy) is 1. The number of amidine groups is 1. The van der Waals surface area contributed by atoms with Crippen LogP contribution < -0.4 is 10.5 Å². The zero-order valence-electron chi connectivity index (χ0n) is 8.26. The van der Waals surface area contributed by atoms with Crippen molar-refractivity contribution in [3.05, 3.63) is 24.0 Å². The first-order chi connectivity index (χ1) is 7.29. The predicted molar refractivity (Wildman–Crippen MR) is 55.0 cm³/mol. The van der Waals surface area contributed by atoms with Gasteiger partial charge in [-0.2, -0.15) is 0 Å². The molecule has 1 aliphatic rings. The van der Waals surface area contributed by atoms with E-state index in [1.807, 2.05) is 0 Å². The summed E-state index contributed by atoms with van der Waals surface area (Å²) in [5, 5.41) is 11.3. The minimum atomic E-state index is 0.00481. The Labute approximate surface area is 87.6 Å². The third kappa shape index (κ3) is 2.18. The van der Waals surface area contributed by atoms with Gasteiger partial charge in [-0.05, 0) is 31.4 Å². The van der Waals surface area contributed by atoms with Crippen LogP contribution in [0.3, 0.4) is 0 Å². The number of pyridine rings is 1. The van der Waals surface area contributed by atoms with Gasteiger partial charge in [-0.25, -0.2) is 4.98 Å². The van der Waals surface area contributed by atoms with Gasteiger partial charge in [0.05, 0.1) is 12.3 Å². The first kappa shape index (κ1) is 9.76. The predicted octanol–water partition coefficient (Wildman–Crippen LogP) is 1.11. The smallest absolute Gasteiger partial charge is 0.188 e. The molecule has 1 aromatic heterocycles. The highest BCUT2D eigenvalue weighted by Crippen LogP contribution is 2.24. The summed E-state index contributed by atoms with van der Waals surface area (Å²) < 4.78 is 5.61. The van der Waals surface area contributed by atoms with Crippen LogP contribution in [0.15, 0.2) is 23.5 Å². The molecule has 1 aliphatic carbocycles. The molecule has 15 heavy (non-hydrogen) atoms. The van der Waals surface area contributed by atoms with E-state index in [0.29, 0.717) is 11.8 Å². The fraction of sp³-hybridized carbons (Fsp3) is 0.400. The Morgan fingerprint density at radius 3 is 2.80 bits per heavy atom. The van der Waals surface area contributed by atoms with E-state index in [1.165, 1.54) is 6.42 Å². The molecule has 3 N–H and O–H groups in total. The monoisotopic (exact) mass is 207 g/mol. The van der Waals surface area contributed by atoms with Gasteiger partial charge in [0.15, 0.2) is 5.84 Å². The van der Waals surface area contributed by atoms with Crippen LogP contribution in [0.2, 0.25) is 0 Å². The topological polar surface area (TPSA) is 80.7 Å². The average molecular weight is 207 g/mol. The summed E-state index contributed by atoms with van der Waals surface area (Å²) in [6.07, 6.45) is 5.39. The van der Waals surface area contributed by atoms with Gasteiger partial charge in [-0.1, -0.05) is 5.16 Å². The van der Waals surface area contributed by atoms with Gasteiger partial charge < -0.3 is 15.7 Å². The van der Waals surface area contributed by atoms with Crippen LogP contribution in [0.4, 0.5) is 0 Å². The van der Waals surface area contributed by atoms with Crippen LogP contribution >= 0.6 is 0 Å². The lowest BCUT2D eigenvalue weighted by molar-refractivity contribution is 0.120. The van der Waals surface area contributed by atoms with Crippen molar-refractivity contribution in [1.29, 1.82) is 0 Å². The van der Waals surface area contributed by atoms with Crippen molar-refractivity contribution in [2.45, 2.75) is 25.4 Å². The fourth-order valence-corrected chi connectivity index (χ4v) is 1.33. The van der Waals surface area contributed by atoms with Crippen molar-refractivity contribution in [2.75, 3.05) is 0 Å². The van der Waals surface area contributed by atoms with Gasteiger partial charge in [0.25, 0.3) is 0 Å². The van der Waals surface area contributed by atoms with Crippen LogP contribution in [0.1, 0.15) is 25.0 Å². The molecule has 1 saturated carbocycles. The molecule has 80 valence electrons. The molecule has 0 bridgehead atoms. The van der Waals surface area contributed by atoms with Crippen molar-refractivity contribution in [3.63, 3.8) is 0 Å². The second-order valence-corrected chi connectivity index (χ2v) is 3.54. The number of aromatic nitrogens is 1. The summed E-state index contributed by atoms with van der Waals surface area (Å²) in [6, 6.07) is 3.45. The van der Waals surface area contributed by atoms with Crippen molar-refractivity contribution in [3.8, 4) is 5.75 Å². The third-order valence-corrected chi connectivity index (χ3v) is 2.46. The van der Waals surface area contributed by atoms with Gasteiger partial charge in [0.1, 0.15) is 11.4 Å². The average Bonchev–Trinajstić information content (AvgIpc) is 2.23. The maximum Gasteiger partial charge on any atom is 0.188 e. The van der Waals surface area contributed by atoms with E-state index < -0.39 is 0 Å². The first-order valence-corrected chi connectivity index (χ1v) is 4.90. The molecule has 1 heterocycles. The molecular weight excluding hydrogens is 194 g/mol. The van der Waals surface area contributed by atoms with Crippen LogP contribution in [-0.2, 0) is 0 Å². The number of hydrogen-bond acceptors (Lipinski definition) is 4. The lowest BCUT2D eigenvalue weighted by Crippen LogP contribution is -2.24. The van der Waals surface area contributed by atoms with Crippen LogP contribution in [0.5, 0.6) is 5.75 Å². The van der Waals surface area contributed by atoms with E-state index >= 15 is 0 Å². The van der Waals surface area contributed by atoms with E-state index in [0.717, 1.165) is 18.6 Å². The number of nitrogens with two attached hydrogens (primary N) is 1. The summed E-state index contributed by atoms with van der Waals surface area (Å²) in [4.78, 5) is 4.02. The molecule has 0 saturated heterocycles. The summed E-state index contributed by atoms with van der Waals surface area (Å²) in [7, 11) is 0. The summed E-state index contributed by atoms with van der Waals surface area (Å²) in [5.74, 6) is 0.736. The second-order valence-electron chi connectivity index (χ2n) is 3.54. The maximum atomic E-state index is 8.44. The van der Waals surface area contributed by atoms with E-state index in [4.69, 9.17) is 15.7 Å². The Hall–Kier alpha value is -1.78. The molecule has 0 aromatic carbocycles. The molecule has 0 radical (unpaired) electrons. The Morgan fingerprint density at radius 2 is 2.33 bits per heavy atom. The number of hydrogen-bond donors (Lipinski definition) is 2. The Morgan fingerprint density at radius 1 is 1.53 bits per heavy atom. The van der Waals surface area contributed by atoms with Crippen LogP contribution in [0.25, 0.3) is 0 Å². The molecule has 5 nitrogen and oxygen atoms in total. The van der Waals surface area contributed by atoms with Crippen molar-refractivity contribution < 1.29 is 9.94 Å². The molecule has 0 atom stereocenters. The Balaban J connectivity index is 2.03. The van der Waals surface area contributed by atoms with Crippen LogP contribution in [0, 0.1) is 0 Å². The summed E-state index contributed by atoms with van der Waals surface area (Å²) in [6.45, 7) is 0. The molecule has 0 amide bonds. The molecule has 0 aliphatic heterocycles. The molecule has 0 unspecified atom stereocenters. The normalized spacial score (nSPS) is 17.2. The highest BCUT2D eigenvalue weighted by molar-refractivity contribution is 5.95. The molecule has 0 spiro atoms. The van der Waals surface area contributed by atoms with Crippen molar-refractivity contribution in [2.24, 2.45) is 10.9 Å². The maximum absolute atomic E-state index is 8.44. The zero-order valence-corrected chi connectivity index (χ0v) is 8.26. The van der Waals surface area contributed by atoms with E-state index in [-0.39, 0.29) is 5.84 Å². The highest BCUT2D eigenvalue weighted by atomic mass is 16.5. The summed E-state index contributed by atoms with van der Waals surface area (Å²) in [5.41, 5.74) is 5.82. The molecule has 2 rings (SSSR count). The highest BCUT2D eigenvalue weighted by Gasteiger charge is 2.19. The third-order valence-electron chi connectivity index (χ3n) is 2.46. The minimum absolute atomic E-state index is 0.00481. The van der Waals surface area contributed by atoms with E-state index in [2.05, 4.69) is 10.1 Å². The largest absolute Gasteiger partial charge is 0.489 e. The minimum Gasteiger partial charge on any atom is -0.489 e. The number of rotatable bonds is 3. The lowest BCUT2D eigenvalue weighted by atomic mass is 9.96. The van der Waals surface area contributed by atoms with Crippen molar-refractivity contribution >= 4 is 5.84 Å². The van der Waals surface area contributed by atoms with Crippen molar-refractivity contribution in [1.82, 2.24) is 4.98 Å². The first-order valence-electron chi connectivity index (χ1n) is 4.90. The molecule has 1 fully saturated rings. The van der Waals surface area contributed by atoms with Gasteiger partial charge in [0, 0.05) is 0 Å². The van der Waals surface area contributed by atoms with E-state index in [9.17, 15) is 0 Å². The van der Waals surface area contributed by atoms with Crippen LogP contribution in [-0.4, -0.2) is 22.1 Å². The molecular formula is C10H13N3O2. The standard InChI is InChI=1S/C10H13N3O2/c11-10(13-14)9-5-4-8(6-12-9)15-7-2-1-3-7/h4-7,14H,1-3H2,(H2,11,13). The Bertz CT molecular complexity index is 357. The zero-order chi connectivity index (χ0) is 10.7. The number of oxime groups is 1. The summed E-state index contributed by atoms with van der Waals surface area (Å²) >= 11 is 0.